The van der Waals surface area contributed by atoms with E-state index in [1.807, 2.05) is 30.0 Å². The highest BCUT2D eigenvalue weighted by Gasteiger charge is 2.20. The van der Waals surface area contributed by atoms with Gasteiger partial charge in [-0.15, -0.1) is 9.24 Å². The lowest BCUT2D eigenvalue weighted by Crippen LogP contribution is -2.37. The van der Waals surface area contributed by atoms with Crippen molar-refractivity contribution in [2.24, 2.45) is 0 Å². The van der Waals surface area contributed by atoms with Gasteiger partial charge in [0.05, 0.1) is 0 Å². The third-order valence-electron chi connectivity index (χ3n) is 3.16. The summed E-state index contributed by atoms with van der Waals surface area (Å²) in [7, 11) is 2.66. The molecule has 1 fully saturated rings. The lowest BCUT2D eigenvalue weighted by Gasteiger charge is -2.27. The van der Waals surface area contributed by atoms with E-state index in [0.717, 1.165) is 42.4 Å². The number of carbonyl (C=O) groups excluding carboxylic acids is 1. The van der Waals surface area contributed by atoms with Crippen LogP contribution in [0.4, 0.5) is 0 Å². The van der Waals surface area contributed by atoms with Crippen molar-refractivity contribution in [3.05, 3.63) is 29.3 Å². The molecule has 1 aliphatic heterocycles. The molecule has 0 saturated carbocycles. The zero-order chi connectivity index (χ0) is 11.5. The molecule has 1 aromatic carbocycles. The van der Waals surface area contributed by atoms with Gasteiger partial charge in [-0.2, -0.15) is 0 Å². The molecular weight excluding hydrogens is 217 g/mol. The van der Waals surface area contributed by atoms with Crippen LogP contribution in [0.25, 0.3) is 0 Å². The summed E-state index contributed by atoms with van der Waals surface area (Å²) in [6.07, 6.45) is 3.54. The number of aryl methyl sites for hydroxylation is 1. The zero-order valence-electron chi connectivity index (χ0n) is 9.70. The minimum absolute atomic E-state index is 0.197. The maximum atomic E-state index is 12.4. The van der Waals surface area contributed by atoms with Crippen molar-refractivity contribution < 1.29 is 4.79 Å². The van der Waals surface area contributed by atoms with Crippen molar-refractivity contribution in [1.82, 2.24) is 4.90 Å². The largest absolute Gasteiger partial charge is 0.339 e. The molecule has 1 saturated heterocycles. The molecule has 0 spiro atoms. The molecule has 1 atom stereocenters. The minimum Gasteiger partial charge on any atom is -0.339 e. The van der Waals surface area contributed by atoms with E-state index in [9.17, 15) is 4.79 Å². The molecule has 0 aromatic heterocycles. The average molecular weight is 235 g/mol. The Balaban J connectivity index is 2.26. The SMILES string of the molecule is Cc1cccc(P)c1C(=O)N1CCCCC1. The first kappa shape index (κ1) is 11.6. The van der Waals surface area contributed by atoms with E-state index in [1.54, 1.807) is 0 Å². The van der Waals surface area contributed by atoms with Gasteiger partial charge in [0.15, 0.2) is 0 Å². The quantitative estimate of drug-likeness (QED) is 0.683. The Hall–Kier alpha value is -0.880. The highest BCUT2D eigenvalue weighted by atomic mass is 31.0. The number of likely N-dealkylation sites (tertiary alicyclic amines) is 1. The number of amides is 1. The lowest BCUT2D eigenvalue weighted by atomic mass is 10.1. The van der Waals surface area contributed by atoms with Crippen LogP contribution in [0.5, 0.6) is 0 Å². The molecule has 1 aromatic rings. The Labute approximate surface area is 99.2 Å². The number of hydrogen-bond acceptors (Lipinski definition) is 1. The molecule has 1 aliphatic rings. The summed E-state index contributed by atoms with van der Waals surface area (Å²) in [5, 5.41) is 1.01. The van der Waals surface area contributed by atoms with Gasteiger partial charge < -0.3 is 4.90 Å². The van der Waals surface area contributed by atoms with Gasteiger partial charge in [0.2, 0.25) is 0 Å². The fraction of sp³-hybridized carbons (Fsp3) is 0.462. The van der Waals surface area contributed by atoms with Crippen LogP contribution in [0.1, 0.15) is 35.2 Å². The lowest BCUT2D eigenvalue weighted by molar-refractivity contribution is 0.0725. The molecule has 16 heavy (non-hydrogen) atoms. The molecule has 1 unspecified atom stereocenters. The predicted octanol–water partition coefficient (Wildman–Crippen LogP) is 2.12. The molecule has 0 bridgehead atoms. The first-order valence-corrected chi connectivity index (χ1v) is 6.42. The van der Waals surface area contributed by atoms with E-state index in [0.29, 0.717) is 0 Å². The van der Waals surface area contributed by atoms with Gasteiger partial charge in [0, 0.05) is 18.7 Å². The monoisotopic (exact) mass is 235 g/mol. The molecule has 1 amide bonds. The zero-order valence-corrected chi connectivity index (χ0v) is 10.9. The van der Waals surface area contributed by atoms with Crippen LogP contribution in [0, 0.1) is 6.92 Å². The van der Waals surface area contributed by atoms with E-state index >= 15 is 0 Å². The van der Waals surface area contributed by atoms with Crippen LogP contribution >= 0.6 is 9.24 Å². The molecule has 0 N–H and O–H groups in total. The van der Waals surface area contributed by atoms with Crippen LogP contribution < -0.4 is 5.30 Å². The van der Waals surface area contributed by atoms with Crippen LogP contribution in [0.2, 0.25) is 0 Å². The summed E-state index contributed by atoms with van der Waals surface area (Å²) in [5.41, 5.74) is 1.94. The molecule has 2 rings (SSSR count). The maximum absolute atomic E-state index is 12.4. The molecule has 2 nitrogen and oxygen atoms in total. The van der Waals surface area contributed by atoms with Crippen molar-refractivity contribution in [3.8, 4) is 0 Å². The molecule has 0 aliphatic carbocycles. The Morgan fingerprint density at radius 1 is 1.25 bits per heavy atom. The number of hydrogen-bond donors (Lipinski definition) is 0. The van der Waals surface area contributed by atoms with Gasteiger partial charge >= 0.3 is 0 Å². The van der Waals surface area contributed by atoms with Crippen molar-refractivity contribution in [2.45, 2.75) is 26.2 Å². The highest BCUT2D eigenvalue weighted by Crippen LogP contribution is 2.15. The first-order valence-electron chi connectivity index (χ1n) is 5.84. The van der Waals surface area contributed by atoms with Crippen LogP contribution in [0.3, 0.4) is 0 Å². The van der Waals surface area contributed by atoms with E-state index in [2.05, 4.69) is 9.24 Å². The van der Waals surface area contributed by atoms with Gasteiger partial charge in [-0.25, -0.2) is 0 Å². The third kappa shape index (κ3) is 2.27. The number of rotatable bonds is 1. The van der Waals surface area contributed by atoms with Crippen molar-refractivity contribution >= 4 is 20.5 Å². The Morgan fingerprint density at radius 2 is 1.94 bits per heavy atom. The number of benzene rings is 1. The average Bonchev–Trinajstić information content (AvgIpc) is 2.30. The number of carbonyl (C=O) groups is 1. The summed E-state index contributed by atoms with van der Waals surface area (Å²) >= 11 is 0. The van der Waals surface area contributed by atoms with E-state index < -0.39 is 0 Å². The normalized spacial score (nSPS) is 16.2. The Morgan fingerprint density at radius 3 is 2.56 bits per heavy atom. The fourth-order valence-corrected chi connectivity index (χ4v) is 2.70. The topological polar surface area (TPSA) is 20.3 Å². The molecule has 1 heterocycles. The first-order chi connectivity index (χ1) is 7.70. The predicted molar refractivity (Wildman–Crippen MR) is 70.3 cm³/mol. The summed E-state index contributed by atoms with van der Waals surface area (Å²) in [6, 6.07) is 5.98. The van der Waals surface area contributed by atoms with Crippen LogP contribution in [-0.4, -0.2) is 23.9 Å². The second-order valence-electron chi connectivity index (χ2n) is 4.39. The second-order valence-corrected chi connectivity index (χ2v) is 5.01. The standard InChI is InChI=1S/C13H18NOP/c1-10-6-5-7-11(16)12(10)13(15)14-8-3-2-4-9-14/h5-7H,2-4,8-9,16H2,1H3. The molecule has 3 heteroatoms. The third-order valence-corrected chi connectivity index (χ3v) is 3.64. The van der Waals surface area contributed by atoms with Crippen molar-refractivity contribution in [2.75, 3.05) is 13.1 Å². The summed E-state index contributed by atoms with van der Waals surface area (Å²) in [4.78, 5) is 14.3. The van der Waals surface area contributed by atoms with Crippen LogP contribution in [0.15, 0.2) is 18.2 Å². The van der Waals surface area contributed by atoms with Crippen molar-refractivity contribution in [1.29, 1.82) is 0 Å². The Bertz CT molecular complexity index is 377. The molecule has 86 valence electrons. The van der Waals surface area contributed by atoms with Gasteiger partial charge in [0.25, 0.3) is 5.91 Å². The summed E-state index contributed by atoms with van der Waals surface area (Å²) in [6.45, 7) is 3.83. The minimum atomic E-state index is 0.197. The summed E-state index contributed by atoms with van der Waals surface area (Å²) in [5.74, 6) is 0.197. The maximum Gasteiger partial charge on any atom is 0.254 e. The molecule has 0 radical (unpaired) electrons. The second kappa shape index (κ2) is 4.97. The Kier molecular flexibility index (Phi) is 3.60. The smallest absolute Gasteiger partial charge is 0.254 e. The van der Waals surface area contributed by atoms with E-state index in [-0.39, 0.29) is 5.91 Å². The van der Waals surface area contributed by atoms with Gasteiger partial charge in [-0.1, -0.05) is 18.2 Å². The van der Waals surface area contributed by atoms with Crippen LogP contribution in [-0.2, 0) is 0 Å². The highest BCUT2D eigenvalue weighted by molar-refractivity contribution is 7.27. The van der Waals surface area contributed by atoms with Gasteiger partial charge in [0.1, 0.15) is 0 Å². The summed E-state index contributed by atoms with van der Waals surface area (Å²) < 4.78 is 0. The van der Waals surface area contributed by atoms with Crippen molar-refractivity contribution in [3.63, 3.8) is 0 Å². The molecular formula is C13H18NOP. The number of piperidine rings is 1. The number of nitrogens with zero attached hydrogens (tertiary/aromatic N) is 1. The van der Waals surface area contributed by atoms with E-state index in [4.69, 9.17) is 0 Å². The fourth-order valence-electron chi connectivity index (χ4n) is 2.24. The van der Waals surface area contributed by atoms with Gasteiger partial charge in [-0.05, 0) is 37.1 Å². The van der Waals surface area contributed by atoms with E-state index in [1.165, 1.54) is 6.42 Å². The van der Waals surface area contributed by atoms with Gasteiger partial charge in [-0.3, -0.25) is 4.79 Å².